The number of rotatable bonds is 6. The van der Waals surface area contributed by atoms with Crippen LogP contribution in [0.4, 0.5) is 5.69 Å². The summed E-state index contributed by atoms with van der Waals surface area (Å²) in [4.78, 5) is 36.5. The Morgan fingerprint density at radius 3 is 2.62 bits per heavy atom. The van der Waals surface area contributed by atoms with Gasteiger partial charge < -0.3 is 15.4 Å². The third kappa shape index (κ3) is 3.39. The molecule has 0 saturated carbocycles. The van der Waals surface area contributed by atoms with Crippen LogP contribution in [0, 0.1) is 5.92 Å². The van der Waals surface area contributed by atoms with Gasteiger partial charge in [0.2, 0.25) is 5.78 Å². The first-order chi connectivity index (χ1) is 12.4. The normalized spacial score (nSPS) is 11.2. The Hall–Kier alpha value is -3.29. The molecule has 0 amide bonds. The summed E-state index contributed by atoms with van der Waals surface area (Å²) in [6.07, 6.45) is 1.77. The highest BCUT2D eigenvalue weighted by Gasteiger charge is 2.20. The van der Waals surface area contributed by atoms with Crippen molar-refractivity contribution in [2.24, 2.45) is 5.92 Å². The second-order valence-corrected chi connectivity index (χ2v) is 6.33. The van der Waals surface area contributed by atoms with E-state index in [-0.39, 0.29) is 24.1 Å². The van der Waals surface area contributed by atoms with Crippen LogP contribution in [-0.4, -0.2) is 36.4 Å². The van der Waals surface area contributed by atoms with Crippen LogP contribution in [0.15, 0.2) is 30.6 Å². The van der Waals surface area contributed by atoms with E-state index < -0.39 is 5.97 Å². The van der Waals surface area contributed by atoms with Crippen molar-refractivity contribution in [2.75, 3.05) is 5.73 Å². The molecule has 0 saturated heterocycles. The van der Waals surface area contributed by atoms with Crippen molar-refractivity contribution < 1.29 is 14.7 Å². The van der Waals surface area contributed by atoms with E-state index in [0.29, 0.717) is 29.0 Å². The molecule has 0 aliphatic carbocycles. The average Bonchev–Trinajstić information content (AvgIpc) is 2.98. The van der Waals surface area contributed by atoms with Crippen LogP contribution in [0.2, 0.25) is 0 Å². The Morgan fingerprint density at radius 1 is 1.23 bits per heavy atom. The molecular formula is C18H19N5O3. The highest BCUT2D eigenvalue weighted by Crippen LogP contribution is 2.21. The van der Waals surface area contributed by atoms with E-state index in [0.717, 1.165) is 5.56 Å². The SMILES string of the molecule is CC(C)C(=O)c1nc(Cc2ccccc2N)c2ncn(CC(=O)O)c2n1. The van der Waals surface area contributed by atoms with Crippen molar-refractivity contribution in [3.05, 3.63) is 47.7 Å². The molecule has 0 aliphatic rings. The summed E-state index contributed by atoms with van der Waals surface area (Å²) < 4.78 is 1.40. The van der Waals surface area contributed by atoms with E-state index in [1.54, 1.807) is 19.9 Å². The molecule has 0 radical (unpaired) electrons. The molecule has 0 bridgehead atoms. The van der Waals surface area contributed by atoms with E-state index in [9.17, 15) is 9.59 Å². The van der Waals surface area contributed by atoms with Crippen molar-refractivity contribution >= 4 is 28.6 Å². The number of aromatic nitrogens is 4. The minimum absolute atomic E-state index is 0.0594. The van der Waals surface area contributed by atoms with Crippen LogP contribution < -0.4 is 5.73 Å². The van der Waals surface area contributed by atoms with Crippen molar-refractivity contribution in [2.45, 2.75) is 26.8 Å². The summed E-state index contributed by atoms with van der Waals surface area (Å²) in [6, 6.07) is 7.37. The zero-order valence-corrected chi connectivity index (χ0v) is 14.5. The second kappa shape index (κ2) is 6.91. The molecule has 8 heteroatoms. The van der Waals surface area contributed by atoms with Crippen molar-refractivity contribution in [1.29, 1.82) is 0 Å². The quantitative estimate of drug-likeness (QED) is 0.512. The Morgan fingerprint density at radius 2 is 1.96 bits per heavy atom. The number of carbonyl (C=O) groups excluding carboxylic acids is 1. The van der Waals surface area contributed by atoms with Gasteiger partial charge in [0.15, 0.2) is 11.5 Å². The third-order valence-corrected chi connectivity index (χ3v) is 4.00. The number of hydrogen-bond acceptors (Lipinski definition) is 6. The number of Topliss-reactive ketones (excluding diaryl/α,β-unsaturated/α-hetero) is 1. The van der Waals surface area contributed by atoms with Crippen LogP contribution in [0.3, 0.4) is 0 Å². The van der Waals surface area contributed by atoms with Crippen molar-refractivity contribution in [3.8, 4) is 0 Å². The molecule has 0 fully saturated rings. The lowest BCUT2D eigenvalue weighted by Gasteiger charge is -2.09. The highest BCUT2D eigenvalue weighted by atomic mass is 16.4. The zero-order chi connectivity index (χ0) is 18.8. The van der Waals surface area contributed by atoms with Gasteiger partial charge in [-0.3, -0.25) is 9.59 Å². The number of aliphatic carboxylic acids is 1. The number of para-hydroxylation sites is 1. The molecule has 0 atom stereocenters. The summed E-state index contributed by atoms with van der Waals surface area (Å²) in [5, 5.41) is 9.08. The van der Waals surface area contributed by atoms with E-state index in [2.05, 4.69) is 15.0 Å². The van der Waals surface area contributed by atoms with Gasteiger partial charge in [0.05, 0.1) is 12.0 Å². The lowest BCUT2D eigenvalue weighted by Crippen LogP contribution is -2.15. The molecule has 0 aliphatic heterocycles. The van der Waals surface area contributed by atoms with Gasteiger partial charge in [-0.2, -0.15) is 0 Å². The molecule has 0 unspecified atom stereocenters. The molecule has 8 nitrogen and oxygen atoms in total. The number of benzene rings is 1. The smallest absolute Gasteiger partial charge is 0.323 e. The van der Waals surface area contributed by atoms with Gasteiger partial charge in [-0.25, -0.2) is 15.0 Å². The minimum atomic E-state index is -1.02. The number of hydrogen-bond donors (Lipinski definition) is 2. The Balaban J connectivity index is 2.16. The van der Waals surface area contributed by atoms with Crippen LogP contribution in [-0.2, 0) is 17.8 Å². The molecule has 3 rings (SSSR count). The minimum Gasteiger partial charge on any atom is -0.480 e. The number of carboxylic acid groups (broad SMARTS) is 1. The molecule has 134 valence electrons. The van der Waals surface area contributed by atoms with Gasteiger partial charge in [0.1, 0.15) is 12.1 Å². The van der Waals surface area contributed by atoms with Gasteiger partial charge in [0, 0.05) is 18.0 Å². The summed E-state index contributed by atoms with van der Waals surface area (Å²) in [5.41, 5.74) is 8.82. The molecular weight excluding hydrogens is 334 g/mol. The Kier molecular flexibility index (Phi) is 4.66. The number of imidazole rings is 1. The second-order valence-electron chi connectivity index (χ2n) is 6.33. The Labute approximate surface area is 149 Å². The molecule has 26 heavy (non-hydrogen) atoms. The first kappa shape index (κ1) is 17.5. The van der Waals surface area contributed by atoms with Crippen molar-refractivity contribution in [1.82, 2.24) is 19.5 Å². The molecule has 3 N–H and O–H groups in total. The molecule has 1 aromatic carbocycles. The van der Waals surface area contributed by atoms with Gasteiger partial charge in [-0.15, -0.1) is 0 Å². The number of carboxylic acids is 1. The maximum Gasteiger partial charge on any atom is 0.323 e. The fourth-order valence-corrected chi connectivity index (χ4v) is 2.63. The highest BCUT2D eigenvalue weighted by molar-refractivity contribution is 5.95. The standard InChI is InChI=1S/C18H19N5O3/c1-10(2)16(26)17-21-13(7-11-5-3-4-6-12(11)19)15-18(22-17)23(9-20-15)8-14(24)25/h3-6,9-10H,7-8,19H2,1-2H3,(H,24,25). The topological polar surface area (TPSA) is 124 Å². The fourth-order valence-electron chi connectivity index (χ4n) is 2.63. The number of fused-ring (bicyclic) bond motifs is 1. The monoisotopic (exact) mass is 353 g/mol. The van der Waals surface area contributed by atoms with Gasteiger partial charge in [-0.05, 0) is 11.6 Å². The summed E-state index contributed by atoms with van der Waals surface area (Å²) in [5.74, 6) is -1.45. The van der Waals surface area contributed by atoms with Crippen molar-refractivity contribution in [3.63, 3.8) is 0 Å². The third-order valence-electron chi connectivity index (χ3n) is 4.00. The number of carbonyl (C=O) groups is 2. The molecule has 2 aromatic heterocycles. The van der Waals surface area contributed by atoms with E-state index in [1.165, 1.54) is 10.9 Å². The number of nitrogen functional groups attached to an aromatic ring is 1. The van der Waals surface area contributed by atoms with Crippen LogP contribution in [0.25, 0.3) is 11.2 Å². The number of ketones is 1. The first-order valence-corrected chi connectivity index (χ1v) is 8.18. The average molecular weight is 353 g/mol. The summed E-state index contributed by atoms with van der Waals surface area (Å²) in [6.45, 7) is 3.23. The summed E-state index contributed by atoms with van der Waals surface area (Å²) >= 11 is 0. The number of nitrogens with zero attached hydrogens (tertiary/aromatic N) is 4. The first-order valence-electron chi connectivity index (χ1n) is 8.18. The fraction of sp³-hybridized carbons (Fsp3) is 0.278. The lowest BCUT2D eigenvalue weighted by atomic mass is 10.1. The largest absolute Gasteiger partial charge is 0.480 e. The Bertz CT molecular complexity index is 994. The molecule has 0 spiro atoms. The van der Waals surface area contributed by atoms with Gasteiger partial charge in [0.25, 0.3) is 0 Å². The zero-order valence-electron chi connectivity index (χ0n) is 14.5. The number of nitrogens with two attached hydrogens (primary N) is 1. The number of anilines is 1. The predicted molar refractivity (Wildman–Crippen MR) is 95.8 cm³/mol. The predicted octanol–water partition coefficient (Wildman–Crippen LogP) is 1.92. The van der Waals surface area contributed by atoms with Crippen LogP contribution in [0.5, 0.6) is 0 Å². The van der Waals surface area contributed by atoms with E-state index in [4.69, 9.17) is 10.8 Å². The van der Waals surface area contributed by atoms with E-state index in [1.807, 2.05) is 18.2 Å². The summed E-state index contributed by atoms with van der Waals surface area (Å²) in [7, 11) is 0. The van der Waals surface area contributed by atoms with E-state index >= 15 is 0 Å². The molecule has 2 heterocycles. The molecule has 3 aromatic rings. The van der Waals surface area contributed by atoms with Gasteiger partial charge >= 0.3 is 5.97 Å². The van der Waals surface area contributed by atoms with Crippen LogP contribution in [0.1, 0.15) is 35.7 Å². The maximum atomic E-state index is 12.4. The lowest BCUT2D eigenvalue weighted by molar-refractivity contribution is -0.137. The van der Waals surface area contributed by atoms with Gasteiger partial charge in [-0.1, -0.05) is 32.0 Å². The maximum absolute atomic E-state index is 12.4. The van der Waals surface area contributed by atoms with Crippen LogP contribution >= 0.6 is 0 Å².